The van der Waals surface area contributed by atoms with Crippen LogP contribution < -0.4 is 5.32 Å². The molecule has 1 N–H and O–H groups in total. The first-order valence-corrected chi connectivity index (χ1v) is 7.77. The summed E-state index contributed by atoms with van der Waals surface area (Å²) >= 11 is 0. The van der Waals surface area contributed by atoms with Crippen LogP contribution in [0.25, 0.3) is 0 Å². The highest BCUT2D eigenvalue weighted by Crippen LogP contribution is 2.36. The van der Waals surface area contributed by atoms with Crippen LogP contribution in [0.5, 0.6) is 0 Å². The van der Waals surface area contributed by atoms with Crippen LogP contribution >= 0.6 is 0 Å². The van der Waals surface area contributed by atoms with Crippen molar-refractivity contribution in [3.8, 4) is 0 Å². The molecule has 3 heteroatoms. The molecule has 1 aromatic rings. The van der Waals surface area contributed by atoms with E-state index in [4.69, 9.17) is 0 Å². The molecule has 0 spiro atoms. The number of hydrogen-bond acceptors (Lipinski definition) is 3. The lowest BCUT2D eigenvalue weighted by Gasteiger charge is -2.30. The van der Waals surface area contributed by atoms with E-state index in [1.54, 1.807) is 0 Å². The zero-order chi connectivity index (χ0) is 14.3. The van der Waals surface area contributed by atoms with E-state index in [0.717, 1.165) is 5.92 Å². The summed E-state index contributed by atoms with van der Waals surface area (Å²) < 4.78 is 0. The molecule has 0 aromatic heterocycles. The topological polar surface area (TPSA) is 18.5 Å². The number of hydrogen-bond donors (Lipinski definition) is 1. The van der Waals surface area contributed by atoms with Crippen LogP contribution in [0.4, 0.5) is 0 Å². The molecular weight excluding hydrogens is 246 g/mol. The number of likely N-dealkylation sites (N-methyl/N-ethyl adjacent to an activating group) is 2. The molecular formula is C17H27N3. The Bertz CT molecular complexity index is 471. The number of nitrogens with one attached hydrogen (secondary N) is 1. The fourth-order valence-electron chi connectivity index (χ4n) is 4.19. The molecule has 2 aliphatic rings. The fourth-order valence-corrected chi connectivity index (χ4v) is 4.19. The van der Waals surface area contributed by atoms with Crippen LogP contribution in [0.1, 0.15) is 24.1 Å². The second kappa shape index (κ2) is 5.47. The van der Waals surface area contributed by atoms with E-state index < -0.39 is 0 Å². The molecule has 1 aromatic carbocycles. The molecule has 0 bridgehead atoms. The molecule has 4 unspecified atom stereocenters. The van der Waals surface area contributed by atoms with Crippen molar-refractivity contribution >= 4 is 0 Å². The molecule has 1 heterocycles. The van der Waals surface area contributed by atoms with Crippen LogP contribution in [-0.4, -0.2) is 56.1 Å². The normalized spacial score (nSPS) is 33.9. The molecule has 0 amide bonds. The Kier molecular flexibility index (Phi) is 3.85. The van der Waals surface area contributed by atoms with Gasteiger partial charge in [0.25, 0.3) is 0 Å². The minimum absolute atomic E-state index is 0.485. The van der Waals surface area contributed by atoms with Gasteiger partial charge in [0.1, 0.15) is 0 Å². The van der Waals surface area contributed by atoms with Gasteiger partial charge in [-0.3, -0.25) is 4.90 Å². The molecule has 3 nitrogen and oxygen atoms in total. The van der Waals surface area contributed by atoms with Crippen LogP contribution in [0.2, 0.25) is 0 Å². The number of nitrogens with zero attached hydrogens (tertiary/aromatic N) is 2. The first-order valence-electron chi connectivity index (χ1n) is 7.77. The quantitative estimate of drug-likeness (QED) is 0.905. The van der Waals surface area contributed by atoms with Crippen molar-refractivity contribution in [1.82, 2.24) is 15.1 Å². The predicted octanol–water partition coefficient (Wildman–Crippen LogP) is 1.75. The van der Waals surface area contributed by atoms with E-state index in [9.17, 15) is 0 Å². The summed E-state index contributed by atoms with van der Waals surface area (Å²) in [5.41, 5.74) is 3.03. The zero-order valence-corrected chi connectivity index (χ0v) is 13.1. The van der Waals surface area contributed by atoms with Gasteiger partial charge >= 0.3 is 0 Å². The Balaban J connectivity index is 1.79. The smallest absolute Gasteiger partial charge is 0.0481 e. The van der Waals surface area contributed by atoms with Gasteiger partial charge < -0.3 is 10.2 Å². The summed E-state index contributed by atoms with van der Waals surface area (Å²) in [6, 6.07) is 10.7. The summed E-state index contributed by atoms with van der Waals surface area (Å²) in [5, 5.41) is 3.55. The Morgan fingerprint density at radius 1 is 1.20 bits per heavy atom. The van der Waals surface area contributed by atoms with Crippen LogP contribution in [0.15, 0.2) is 24.3 Å². The largest absolute Gasteiger partial charge is 0.312 e. The van der Waals surface area contributed by atoms with Gasteiger partial charge in [-0.25, -0.2) is 0 Å². The Labute approximate surface area is 123 Å². The summed E-state index contributed by atoms with van der Waals surface area (Å²) in [6.07, 6.45) is 1.19. The van der Waals surface area contributed by atoms with E-state index in [-0.39, 0.29) is 0 Å². The molecule has 110 valence electrons. The van der Waals surface area contributed by atoms with Crippen molar-refractivity contribution in [2.45, 2.75) is 31.5 Å². The SMILES string of the molecule is CNC1c2ccccc2CC1N1CC(C)C(N(C)C)C1. The molecule has 1 fully saturated rings. The molecule has 20 heavy (non-hydrogen) atoms. The summed E-state index contributed by atoms with van der Waals surface area (Å²) in [5.74, 6) is 0.756. The van der Waals surface area contributed by atoms with Gasteiger partial charge in [-0.1, -0.05) is 31.2 Å². The van der Waals surface area contributed by atoms with Crippen LogP contribution in [0, 0.1) is 5.92 Å². The first-order chi connectivity index (χ1) is 9.61. The van der Waals surface area contributed by atoms with Crippen molar-refractivity contribution in [3.63, 3.8) is 0 Å². The van der Waals surface area contributed by atoms with Gasteiger partial charge in [0.05, 0.1) is 0 Å². The van der Waals surface area contributed by atoms with Gasteiger partial charge in [0, 0.05) is 31.2 Å². The van der Waals surface area contributed by atoms with Gasteiger partial charge in [0.15, 0.2) is 0 Å². The van der Waals surface area contributed by atoms with E-state index >= 15 is 0 Å². The lowest BCUT2D eigenvalue weighted by molar-refractivity contribution is 0.189. The van der Waals surface area contributed by atoms with Crippen molar-refractivity contribution in [2.75, 3.05) is 34.2 Å². The minimum atomic E-state index is 0.485. The molecule has 1 saturated heterocycles. The average Bonchev–Trinajstić information content (AvgIpc) is 2.98. The summed E-state index contributed by atoms with van der Waals surface area (Å²) in [6.45, 7) is 4.81. The Morgan fingerprint density at radius 3 is 2.60 bits per heavy atom. The van der Waals surface area contributed by atoms with Crippen molar-refractivity contribution in [3.05, 3.63) is 35.4 Å². The van der Waals surface area contributed by atoms with Gasteiger partial charge in [-0.15, -0.1) is 0 Å². The third-order valence-electron chi connectivity index (χ3n) is 5.25. The molecule has 3 rings (SSSR count). The highest BCUT2D eigenvalue weighted by Gasteiger charge is 2.41. The monoisotopic (exact) mass is 273 g/mol. The maximum atomic E-state index is 3.55. The number of benzene rings is 1. The fraction of sp³-hybridized carbons (Fsp3) is 0.647. The first kappa shape index (κ1) is 14.1. The molecule has 1 aliphatic heterocycles. The van der Waals surface area contributed by atoms with Crippen molar-refractivity contribution in [1.29, 1.82) is 0 Å². The zero-order valence-electron chi connectivity index (χ0n) is 13.1. The highest BCUT2D eigenvalue weighted by atomic mass is 15.3. The van der Waals surface area contributed by atoms with Gasteiger partial charge in [-0.05, 0) is 44.6 Å². The second-order valence-corrected chi connectivity index (χ2v) is 6.70. The summed E-state index contributed by atoms with van der Waals surface area (Å²) in [7, 11) is 6.52. The minimum Gasteiger partial charge on any atom is -0.312 e. The molecule has 0 saturated carbocycles. The van der Waals surface area contributed by atoms with Crippen molar-refractivity contribution < 1.29 is 0 Å². The second-order valence-electron chi connectivity index (χ2n) is 6.70. The van der Waals surface area contributed by atoms with Crippen LogP contribution in [0.3, 0.4) is 0 Å². The third kappa shape index (κ3) is 2.28. The molecule has 0 radical (unpaired) electrons. The van der Waals surface area contributed by atoms with Gasteiger partial charge in [-0.2, -0.15) is 0 Å². The standard InChI is InChI=1S/C17H27N3/c1-12-10-20(11-16(12)19(3)4)15-9-13-7-5-6-8-14(13)17(15)18-2/h5-8,12,15-18H,9-11H2,1-4H3. The predicted molar refractivity (Wildman–Crippen MR) is 83.9 cm³/mol. The third-order valence-corrected chi connectivity index (χ3v) is 5.25. The maximum absolute atomic E-state index is 3.55. The van der Waals surface area contributed by atoms with E-state index in [0.29, 0.717) is 18.1 Å². The average molecular weight is 273 g/mol. The maximum Gasteiger partial charge on any atom is 0.0481 e. The molecule has 4 atom stereocenters. The Morgan fingerprint density at radius 2 is 1.95 bits per heavy atom. The van der Waals surface area contributed by atoms with Gasteiger partial charge in [0.2, 0.25) is 0 Å². The number of rotatable bonds is 3. The number of fused-ring (bicyclic) bond motifs is 1. The highest BCUT2D eigenvalue weighted by molar-refractivity contribution is 5.37. The lowest BCUT2D eigenvalue weighted by atomic mass is 10.1. The Hall–Kier alpha value is -0.900. The molecule has 1 aliphatic carbocycles. The van der Waals surface area contributed by atoms with Crippen molar-refractivity contribution in [2.24, 2.45) is 5.92 Å². The summed E-state index contributed by atoms with van der Waals surface area (Å²) in [4.78, 5) is 5.09. The lowest BCUT2D eigenvalue weighted by Crippen LogP contribution is -2.42. The number of likely N-dealkylation sites (tertiary alicyclic amines) is 1. The van der Waals surface area contributed by atoms with E-state index in [1.807, 2.05) is 0 Å². The van der Waals surface area contributed by atoms with Crippen LogP contribution in [-0.2, 0) is 6.42 Å². The van der Waals surface area contributed by atoms with E-state index in [2.05, 4.69) is 67.4 Å². The van der Waals surface area contributed by atoms with E-state index in [1.165, 1.54) is 30.6 Å².